The number of sulfonamides is 1. The van der Waals surface area contributed by atoms with Crippen LogP contribution in [0.2, 0.25) is 5.02 Å². The van der Waals surface area contributed by atoms with Gasteiger partial charge in [0.1, 0.15) is 5.75 Å². The van der Waals surface area contributed by atoms with Crippen molar-refractivity contribution in [2.75, 3.05) is 26.7 Å². The molecule has 0 amide bonds. The van der Waals surface area contributed by atoms with Crippen molar-refractivity contribution in [1.29, 1.82) is 0 Å². The molecule has 0 bridgehead atoms. The normalized spacial score (nSPS) is 18.8. The number of likely N-dealkylation sites (tertiary alicyclic amines) is 1. The van der Waals surface area contributed by atoms with Gasteiger partial charge < -0.3 is 4.74 Å². The van der Waals surface area contributed by atoms with E-state index < -0.39 is 10.0 Å². The van der Waals surface area contributed by atoms with Crippen LogP contribution < -0.4 is 9.46 Å². The van der Waals surface area contributed by atoms with Gasteiger partial charge in [-0.2, -0.15) is 0 Å². The second kappa shape index (κ2) is 7.83. The summed E-state index contributed by atoms with van der Waals surface area (Å²) in [6.45, 7) is 6.76. The minimum atomic E-state index is -3.57. The van der Waals surface area contributed by atoms with Crippen LogP contribution in [0.4, 0.5) is 0 Å². The van der Waals surface area contributed by atoms with Crippen molar-refractivity contribution >= 4 is 21.6 Å². The van der Waals surface area contributed by atoms with E-state index in [0.29, 0.717) is 12.3 Å². The van der Waals surface area contributed by atoms with Gasteiger partial charge in [0, 0.05) is 12.6 Å². The highest BCUT2D eigenvalue weighted by atomic mass is 35.5. The first-order valence-corrected chi connectivity index (χ1v) is 9.77. The molecule has 1 atom stereocenters. The third-order valence-electron chi connectivity index (χ3n) is 4.44. The van der Waals surface area contributed by atoms with E-state index in [0.717, 1.165) is 19.0 Å². The number of nitrogens with one attached hydrogen (secondary N) is 1. The maximum Gasteiger partial charge on any atom is 0.240 e. The molecule has 7 heteroatoms. The zero-order valence-electron chi connectivity index (χ0n) is 13.9. The summed E-state index contributed by atoms with van der Waals surface area (Å²) in [7, 11) is -2.07. The van der Waals surface area contributed by atoms with Crippen molar-refractivity contribution in [3.8, 4) is 5.75 Å². The molecule has 1 unspecified atom stereocenters. The SMILES string of the molecule is COc1ccc(S(=O)(=O)NCC(C)N2CCC(C)CC2)cc1Cl. The average Bonchev–Trinajstić information content (AvgIpc) is 2.53. The number of nitrogens with zero attached hydrogens (tertiary/aromatic N) is 1. The molecule has 1 aromatic carbocycles. The van der Waals surface area contributed by atoms with Crippen LogP contribution >= 0.6 is 11.6 Å². The molecule has 0 radical (unpaired) electrons. The second-order valence-electron chi connectivity index (χ2n) is 6.22. The number of methoxy groups -OCH3 is 1. The van der Waals surface area contributed by atoms with Gasteiger partial charge in [0.15, 0.2) is 0 Å². The second-order valence-corrected chi connectivity index (χ2v) is 8.39. The predicted molar refractivity (Wildman–Crippen MR) is 92.6 cm³/mol. The van der Waals surface area contributed by atoms with Crippen LogP contribution in [0.1, 0.15) is 26.7 Å². The van der Waals surface area contributed by atoms with E-state index in [4.69, 9.17) is 16.3 Å². The molecular formula is C16H25ClN2O3S. The summed E-state index contributed by atoms with van der Waals surface area (Å²) in [6, 6.07) is 4.65. The lowest BCUT2D eigenvalue weighted by Crippen LogP contribution is -2.45. The van der Waals surface area contributed by atoms with Crippen molar-refractivity contribution in [2.45, 2.75) is 37.6 Å². The Bertz CT molecular complexity index is 628. The molecule has 2 rings (SSSR count). The Labute approximate surface area is 144 Å². The lowest BCUT2D eigenvalue weighted by atomic mass is 9.98. The average molecular weight is 361 g/mol. The summed E-state index contributed by atoms with van der Waals surface area (Å²) in [5.74, 6) is 1.22. The van der Waals surface area contributed by atoms with E-state index in [1.54, 1.807) is 6.07 Å². The largest absolute Gasteiger partial charge is 0.495 e. The van der Waals surface area contributed by atoms with Crippen molar-refractivity contribution in [2.24, 2.45) is 5.92 Å². The Kier molecular flexibility index (Phi) is 6.31. The van der Waals surface area contributed by atoms with Crippen molar-refractivity contribution in [3.05, 3.63) is 23.2 Å². The van der Waals surface area contributed by atoms with Gasteiger partial charge in [0.25, 0.3) is 0 Å². The lowest BCUT2D eigenvalue weighted by Gasteiger charge is -2.34. The highest BCUT2D eigenvalue weighted by Crippen LogP contribution is 2.27. The van der Waals surface area contributed by atoms with Crippen LogP contribution in [0.15, 0.2) is 23.1 Å². The minimum absolute atomic E-state index is 0.155. The van der Waals surface area contributed by atoms with E-state index in [2.05, 4.69) is 23.5 Å². The zero-order chi connectivity index (χ0) is 17.0. The molecular weight excluding hydrogens is 336 g/mol. The first-order chi connectivity index (χ1) is 10.8. The van der Waals surface area contributed by atoms with Crippen molar-refractivity contribution < 1.29 is 13.2 Å². The van der Waals surface area contributed by atoms with Gasteiger partial charge in [-0.15, -0.1) is 0 Å². The summed E-state index contributed by atoms with van der Waals surface area (Å²) >= 11 is 6.01. The number of ether oxygens (including phenoxy) is 1. The monoisotopic (exact) mass is 360 g/mol. The molecule has 1 saturated heterocycles. The molecule has 5 nitrogen and oxygen atoms in total. The van der Waals surface area contributed by atoms with Gasteiger partial charge in [-0.3, -0.25) is 4.90 Å². The maximum atomic E-state index is 12.4. The standard InChI is InChI=1S/C16H25ClN2O3S/c1-12-6-8-19(9-7-12)13(2)11-18-23(20,21)14-4-5-16(22-3)15(17)10-14/h4-5,10,12-13,18H,6-9,11H2,1-3H3. The van der Waals surface area contributed by atoms with Crippen LogP contribution in [0.5, 0.6) is 5.75 Å². The summed E-state index contributed by atoms with van der Waals surface area (Å²) in [6.07, 6.45) is 2.34. The molecule has 130 valence electrons. The number of piperidine rings is 1. The summed E-state index contributed by atoms with van der Waals surface area (Å²) in [5, 5.41) is 0.286. The topological polar surface area (TPSA) is 58.6 Å². The molecule has 0 spiro atoms. The van der Waals surface area contributed by atoms with Crippen molar-refractivity contribution in [3.63, 3.8) is 0 Å². The van der Waals surface area contributed by atoms with Gasteiger partial charge in [-0.05, 0) is 57.0 Å². The van der Waals surface area contributed by atoms with Crippen LogP contribution in [-0.4, -0.2) is 46.1 Å². The minimum Gasteiger partial charge on any atom is -0.495 e. The Morgan fingerprint density at radius 2 is 2.04 bits per heavy atom. The molecule has 1 aliphatic heterocycles. The summed E-state index contributed by atoms with van der Waals surface area (Å²) in [5.41, 5.74) is 0. The summed E-state index contributed by atoms with van der Waals surface area (Å²) < 4.78 is 32.5. The van der Waals surface area contributed by atoms with E-state index in [1.165, 1.54) is 32.1 Å². The number of halogens is 1. The maximum absolute atomic E-state index is 12.4. The van der Waals surface area contributed by atoms with E-state index in [1.807, 2.05) is 0 Å². The van der Waals surface area contributed by atoms with Gasteiger partial charge >= 0.3 is 0 Å². The van der Waals surface area contributed by atoms with E-state index in [-0.39, 0.29) is 16.0 Å². The van der Waals surface area contributed by atoms with Gasteiger partial charge in [0.2, 0.25) is 10.0 Å². The van der Waals surface area contributed by atoms with Gasteiger partial charge in [-0.1, -0.05) is 18.5 Å². The quantitative estimate of drug-likeness (QED) is 0.847. The number of benzene rings is 1. The smallest absolute Gasteiger partial charge is 0.240 e. The molecule has 1 fully saturated rings. The molecule has 0 aliphatic carbocycles. The van der Waals surface area contributed by atoms with Crippen molar-refractivity contribution in [1.82, 2.24) is 9.62 Å². The highest BCUT2D eigenvalue weighted by molar-refractivity contribution is 7.89. The van der Waals surface area contributed by atoms with Crippen LogP contribution in [-0.2, 0) is 10.0 Å². The number of rotatable bonds is 6. The van der Waals surface area contributed by atoms with Crippen LogP contribution in [0.3, 0.4) is 0 Å². The van der Waals surface area contributed by atoms with Gasteiger partial charge in [0.05, 0.1) is 17.0 Å². The predicted octanol–water partition coefficient (Wildman–Crippen LogP) is 2.75. The molecule has 1 N–H and O–H groups in total. The van der Waals surface area contributed by atoms with E-state index >= 15 is 0 Å². The van der Waals surface area contributed by atoms with Crippen LogP contribution in [0, 0.1) is 5.92 Å². The van der Waals surface area contributed by atoms with E-state index in [9.17, 15) is 8.42 Å². The molecule has 23 heavy (non-hydrogen) atoms. The lowest BCUT2D eigenvalue weighted by molar-refractivity contribution is 0.148. The Morgan fingerprint density at radius 3 is 2.61 bits per heavy atom. The van der Waals surface area contributed by atoms with Crippen LogP contribution in [0.25, 0.3) is 0 Å². The molecule has 1 heterocycles. The number of hydrogen-bond acceptors (Lipinski definition) is 4. The first kappa shape index (κ1) is 18.5. The Morgan fingerprint density at radius 1 is 1.39 bits per heavy atom. The Hall–Kier alpha value is -0.820. The van der Waals surface area contributed by atoms with Gasteiger partial charge in [-0.25, -0.2) is 13.1 Å². The number of hydrogen-bond donors (Lipinski definition) is 1. The Balaban J connectivity index is 1.97. The highest BCUT2D eigenvalue weighted by Gasteiger charge is 2.22. The summed E-state index contributed by atoms with van der Waals surface area (Å²) in [4.78, 5) is 2.49. The molecule has 0 saturated carbocycles. The zero-order valence-corrected chi connectivity index (χ0v) is 15.5. The molecule has 1 aliphatic rings. The third kappa shape index (κ3) is 4.83. The molecule has 1 aromatic rings. The fraction of sp³-hybridized carbons (Fsp3) is 0.625. The first-order valence-electron chi connectivity index (χ1n) is 7.90. The molecule has 0 aromatic heterocycles. The third-order valence-corrected chi connectivity index (χ3v) is 6.16. The fourth-order valence-corrected chi connectivity index (χ4v) is 4.20. The fourth-order valence-electron chi connectivity index (χ4n) is 2.73.